The summed E-state index contributed by atoms with van der Waals surface area (Å²) in [5, 5.41) is 7.45. The fourth-order valence-corrected chi connectivity index (χ4v) is 1.00. The van der Waals surface area contributed by atoms with Gasteiger partial charge in [0.15, 0.2) is 23.5 Å². The minimum Gasteiger partial charge on any atom is -0.481 e. The Balaban J connectivity index is 2.43. The molecule has 1 fully saturated rings. The van der Waals surface area contributed by atoms with E-state index in [0.717, 1.165) is 0 Å². The third-order valence-corrected chi connectivity index (χ3v) is 1.72. The topological polar surface area (TPSA) is 101 Å². The molecule has 92 valence electrons. The van der Waals surface area contributed by atoms with Gasteiger partial charge in [0.25, 0.3) is 5.91 Å². The standard InChI is InChI=1S/C9H12N4O4/c1-6-9(12-8(14)5-16-6)11-7(2)10-3-4-17-13-15/h10H,1-5H2,(H,11,12,14). The largest absolute Gasteiger partial charge is 0.481 e. The van der Waals surface area contributed by atoms with Crippen molar-refractivity contribution >= 4 is 11.7 Å². The summed E-state index contributed by atoms with van der Waals surface area (Å²) in [6.45, 7) is 7.50. The fourth-order valence-electron chi connectivity index (χ4n) is 1.00. The lowest BCUT2D eigenvalue weighted by molar-refractivity contribution is -0.123. The molecule has 0 unspecified atom stereocenters. The van der Waals surface area contributed by atoms with Crippen LogP contribution in [0.2, 0.25) is 0 Å². The number of morpholine rings is 1. The number of hydrogen-bond acceptors (Lipinski definition) is 7. The predicted octanol–water partition coefficient (Wildman–Crippen LogP) is -0.196. The fraction of sp³-hybridized carbons (Fsp3) is 0.333. The molecule has 0 atom stereocenters. The van der Waals surface area contributed by atoms with Crippen LogP contribution in [-0.2, 0) is 14.4 Å². The molecule has 1 aliphatic rings. The highest BCUT2D eigenvalue weighted by Gasteiger charge is 2.18. The molecule has 2 N–H and O–H groups in total. The van der Waals surface area contributed by atoms with Crippen molar-refractivity contribution < 1.29 is 14.4 Å². The lowest BCUT2D eigenvalue weighted by Crippen LogP contribution is -2.40. The van der Waals surface area contributed by atoms with Gasteiger partial charge in [-0.1, -0.05) is 13.2 Å². The van der Waals surface area contributed by atoms with Gasteiger partial charge in [0.1, 0.15) is 12.4 Å². The van der Waals surface area contributed by atoms with Crippen LogP contribution in [0.25, 0.3) is 0 Å². The van der Waals surface area contributed by atoms with Gasteiger partial charge < -0.3 is 20.2 Å². The zero-order valence-electron chi connectivity index (χ0n) is 9.06. The van der Waals surface area contributed by atoms with Gasteiger partial charge in [0.2, 0.25) is 0 Å². The second-order valence-corrected chi connectivity index (χ2v) is 3.00. The van der Waals surface area contributed by atoms with Crippen LogP contribution in [-0.4, -0.2) is 31.5 Å². The van der Waals surface area contributed by atoms with Crippen molar-refractivity contribution in [2.24, 2.45) is 10.3 Å². The number of hydrogen-bond donors (Lipinski definition) is 2. The first-order valence-corrected chi connectivity index (χ1v) is 4.71. The minimum absolute atomic E-state index is 0.0728. The van der Waals surface area contributed by atoms with Crippen LogP contribution in [0.15, 0.2) is 35.1 Å². The highest BCUT2D eigenvalue weighted by Crippen LogP contribution is 2.03. The van der Waals surface area contributed by atoms with Gasteiger partial charge >= 0.3 is 0 Å². The van der Waals surface area contributed by atoms with E-state index in [4.69, 9.17) is 4.74 Å². The smallest absolute Gasteiger partial charge is 0.263 e. The molecule has 0 aromatic heterocycles. The van der Waals surface area contributed by atoms with E-state index in [0.29, 0.717) is 6.54 Å². The Morgan fingerprint density at radius 3 is 3.12 bits per heavy atom. The van der Waals surface area contributed by atoms with E-state index in [-0.39, 0.29) is 36.5 Å². The number of aliphatic imine (C=N–C) groups is 1. The molecule has 8 heteroatoms. The van der Waals surface area contributed by atoms with Gasteiger partial charge in [0, 0.05) is 0 Å². The summed E-state index contributed by atoms with van der Waals surface area (Å²) in [4.78, 5) is 28.8. The summed E-state index contributed by atoms with van der Waals surface area (Å²) in [7, 11) is 0. The summed E-state index contributed by atoms with van der Waals surface area (Å²) in [5.74, 6) is 0.436. The van der Waals surface area contributed by atoms with Crippen LogP contribution in [0, 0.1) is 4.91 Å². The van der Waals surface area contributed by atoms with Crippen LogP contribution < -0.4 is 10.6 Å². The SMILES string of the molecule is C=C(/N=C1/NC(=O)COC1=C)NCCON=O. The molecule has 1 amide bonds. The molecule has 1 rings (SSSR count). The van der Waals surface area contributed by atoms with E-state index < -0.39 is 0 Å². The number of carbonyl (C=O) groups is 1. The summed E-state index contributed by atoms with van der Waals surface area (Å²) in [6.07, 6.45) is 0. The van der Waals surface area contributed by atoms with Gasteiger partial charge in [-0.3, -0.25) is 4.79 Å². The molecule has 8 nitrogen and oxygen atoms in total. The van der Waals surface area contributed by atoms with Gasteiger partial charge in [0.05, 0.1) is 6.54 Å². The lowest BCUT2D eigenvalue weighted by Gasteiger charge is -2.18. The third kappa shape index (κ3) is 4.33. The van der Waals surface area contributed by atoms with Gasteiger partial charge in [-0.05, 0) is 0 Å². The summed E-state index contributed by atoms with van der Waals surface area (Å²) >= 11 is 0. The molecular weight excluding hydrogens is 228 g/mol. The van der Waals surface area contributed by atoms with Crippen molar-refractivity contribution in [3.05, 3.63) is 29.6 Å². The Labute approximate surface area is 97.3 Å². The lowest BCUT2D eigenvalue weighted by atomic mass is 10.4. The monoisotopic (exact) mass is 240 g/mol. The van der Waals surface area contributed by atoms with Crippen molar-refractivity contribution in [2.75, 3.05) is 19.8 Å². The average Bonchev–Trinajstić information content (AvgIpc) is 2.29. The maximum absolute atomic E-state index is 11.0. The van der Waals surface area contributed by atoms with E-state index in [1.54, 1.807) is 0 Å². The Bertz CT molecular complexity index is 377. The zero-order chi connectivity index (χ0) is 12.7. The highest BCUT2D eigenvalue weighted by molar-refractivity contribution is 6.08. The Hall–Kier alpha value is -2.38. The molecule has 1 heterocycles. The first kappa shape index (κ1) is 12.7. The quantitative estimate of drug-likeness (QED) is 0.380. The first-order valence-electron chi connectivity index (χ1n) is 4.71. The third-order valence-electron chi connectivity index (χ3n) is 1.72. The van der Waals surface area contributed by atoms with Gasteiger partial charge in [-0.15, -0.1) is 4.91 Å². The average molecular weight is 240 g/mol. The van der Waals surface area contributed by atoms with Gasteiger partial charge in [-0.2, -0.15) is 0 Å². The Kier molecular flexibility index (Phi) is 4.67. The van der Waals surface area contributed by atoms with Crippen LogP contribution in [0.5, 0.6) is 0 Å². The van der Waals surface area contributed by atoms with Crippen LogP contribution in [0.1, 0.15) is 0 Å². The van der Waals surface area contributed by atoms with E-state index >= 15 is 0 Å². The number of nitrogens with zero attached hydrogens (tertiary/aromatic N) is 2. The molecule has 0 saturated carbocycles. The summed E-state index contributed by atoms with van der Waals surface area (Å²) < 4.78 is 4.96. The molecule has 1 aliphatic heterocycles. The van der Waals surface area contributed by atoms with E-state index in [9.17, 15) is 9.70 Å². The van der Waals surface area contributed by atoms with Crippen molar-refractivity contribution in [1.82, 2.24) is 10.6 Å². The molecule has 0 aliphatic carbocycles. The molecule has 0 aromatic carbocycles. The van der Waals surface area contributed by atoms with E-state index in [1.807, 2.05) is 0 Å². The van der Waals surface area contributed by atoms with E-state index in [2.05, 4.69) is 39.0 Å². The normalized spacial score (nSPS) is 17.1. The first-order chi connectivity index (χ1) is 8.13. The molecule has 0 spiro atoms. The molecule has 0 radical (unpaired) electrons. The van der Waals surface area contributed by atoms with Crippen molar-refractivity contribution in [1.29, 1.82) is 0 Å². The number of nitrogens with one attached hydrogen (secondary N) is 2. The van der Waals surface area contributed by atoms with Gasteiger partial charge in [-0.25, -0.2) is 4.99 Å². The second-order valence-electron chi connectivity index (χ2n) is 3.00. The molecule has 1 saturated heterocycles. The van der Waals surface area contributed by atoms with Crippen LogP contribution in [0.3, 0.4) is 0 Å². The highest BCUT2D eigenvalue weighted by atomic mass is 16.7. The van der Waals surface area contributed by atoms with E-state index in [1.165, 1.54) is 0 Å². The minimum atomic E-state index is -0.308. The number of ether oxygens (including phenoxy) is 1. The van der Waals surface area contributed by atoms with Crippen molar-refractivity contribution in [3.8, 4) is 0 Å². The Morgan fingerprint density at radius 1 is 1.65 bits per heavy atom. The predicted molar refractivity (Wildman–Crippen MR) is 59.6 cm³/mol. The molecule has 17 heavy (non-hydrogen) atoms. The van der Waals surface area contributed by atoms with Crippen LogP contribution in [0.4, 0.5) is 0 Å². The number of rotatable bonds is 6. The Morgan fingerprint density at radius 2 is 2.41 bits per heavy atom. The number of carbonyl (C=O) groups excluding carboxylic acids is 1. The molecule has 0 bridgehead atoms. The zero-order valence-corrected chi connectivity index (χ0v) is 9.06. The maximum Gasteiger partial charge on any atom is 0.263 e. The maximum atomic E-state index is 11.0. The summed E-state index contributed by atoms with van der Waals surface area (Å²) in [5.41, 5.74) is 0. The second kappa shape index (κ2) is 6.26. The number of amidine groups is 1. The summed E-state index contributed by atoms with van der Waals surface area (Å²) in [6, 6.07) is 0. The van der Waals surface area contributed by atoms with Crippen molar-refractivity contribution in [3.63, 3.8) is 0 Å². The van der Waals surface area contributed by atoms with Crippen LogP contribution >= 0.6 is 0 Å². The molecule has 0 aromatic rings. The molecular formula is C9H12N4O4. The number of amides is 1. The van der Waals surface area contributed by atoms with Crippen molar-refractivity contribution in [2.45, 2.75) is 0 Å².